The third kappa shape index (κ3) is 3.73. The molecule has 1 heterocycles. The molecule has 20 heavy (non-hydrogen) atoms. The normalized spacial score (nSPS) is 15.1. The third-order valence-electron chi connectivity index (χ3n) is 3.58. The largest absolute Gasteiger partial charge is 0.497 e. The van der Waals surface area contributed by atoms with Crippen molar-refractivity contribution in [2.24, 2.45) is 0 Å². The molecule has 0 N–H and O–H groups in total. The predicted octanol–water partition coefficient (Wildman–Crippen LogP) is 0.928. The molecule has 108 valence electrons. The van der Waals surface area contributed by atoms with Gasteiger partial charge in [0, 0.05) is 32.6 Å². The summed E-state index contributed by atoms with van der Waals surface area (Å²) in [6.07, 6.45) is 2.05. The highest BCUT2D eigenvalue weighted by Gasteiger charge is 2.19. The van der Waals surface area contributed by atoms with Gasteiger partial charge in [-0.25, -0.2) is 0 Å². The second kappa shape index (κ2) is 6.93. The van der Waals surface area contributed by atoms with Gasteiger partial charge in [-0.1, -0.05) is 12.1 Å². The van der Waals surface area contributed by atoms with E-state index in [9.17, 15) is 9.59 Å². The summed E-state index contributed by atoms with van der Waals surface area (Å²) < 4.78 is 5.17. The van der Waals surface area contributed by atoms with Crippen molar-refractivity contribution in [2.75, 3.05) is 33.3 Å². The molecule has 0 atom stereocenters. The smallest absolute Gasteiger partial charge is 0.223 e. The van der Waals surface area contributed by atoms with E-state index in [1.54, 1.807) is 12.0 Å². The highest BCUT2D eigenvalue weighted by molar-refractivity contribution is 5.76. The van der Waals surface area contributed by atoms with Crippen molar-refractivity contribution < 1.29 is 14.3 Å². The summed E-state index contributed by atoms with van der Waals surface area (Å²) in [5.41, 5.74) is 1.10. The van der Waals surface area contributed by atoms with Crippen molar-refractivity contribution in [3.8, 4) is 5.75 Å². The summed E-state index contributed by atoms with van der Waals surface area (Å²) in [7, 11) is 1.64. The Labute approximate surface area is 119 Å². The van der Waals surface area contributed by atoms with Gasteiger partial charge in [-0.2, -0.15) is 0 Å². The zero-order valence-electron chi connectivity index (χ0n) is 11.7. The molecule has 0 radical (unpaired) electrons. The van der Waals surface area contributed by atoms with Crippen LogP contribution in [0.5, 0.6) is 5.75 Å². The fourth-order valence-electron chi connectivity index (χ4n) is 2.31. The van der Waals surface area contributed by atoms with Crippen molar-refractivity contribution in [1.82, 2.24) is 9.80 Å². The highest BCUT2D eigenvalue weighted by Crippen LogP contribution is 2.14. The summed E-state index contributed by atoms with van der Waals surface area (Å²) in [5.74, 6) is 0.966. The van der Waals surface area contributed by atoms with Crippen LogP contribution in [0.3, 0.4) is 0 Å². The number of benzene rings is 1. The molecule has 2 amide bonds. The molecule has 0 aromatic heterocycles. The Morgan fingerprint density at radius 3 is 2.70 bits per heavy atom. The van der Waals surface area contributed by atoms with Gasteiger partial charge in [0.15, 0.2) is 0 Å². The predicted molar refractivity (Wildman–Crippen MR) is 75.5 cm³/mol. The molecular weight excluding hydrogens is 256 g/mol. The van der Waals surface area contributed by atoms with E-state index in [1.807, 2.05) is 29.2 Å². The van der Waals surface area contributed by atoms with E-state index in [0.717, 1.165) is 17.7 Å². The summed E-state index contributed by atoms with van der Waals surface area (Å²) in [5, 5.41) is 0. The standard InChI is InChI=1S/C15H20N2O3/c1-20-14-4-2-3-13(11-14)5-6-15(19)17-9-7-16(12-18)8-10-17/h2-4,11-12H,5-10H2,1H3. The Morgan fingerprint density at radius 2 is 2.05 bits per heavy atom. The number of aryl methyl sites for hydroxylation is 1. The molecule has 1 aromatic carbocycles. The molecule has 1 fully saturated rings. The summed E-state index contributed by atoms with van der Waals surface area (Å²) >= 11 is 0. The molecule has 5 nitrogen and oxygen atoms in total. The second-order valence-corrected chi connectivity index (χ2v) is 4.87. The lowest BCUT2D eigenvalue weighted by atomic mass is 10.1. The van der Waals surface area contributed by atoms with Crippen molar-refractivity contribution in [3.63, 3.8) is 0 Å². The Hall–Kier alpha value is -2.04. The number of nitrogens with zero attached hydrogens (tertiary/aromatic N) is 2. The first-order chi connectivity index (χ1) is 9.72. The molecule has 0 spiro atoms. The van der Waals surface area contributed by atoms with Gasteiger partial charge in [0.25, 0.3) is 0 Å². The van der Waals surface area contributed by atoms with Gasteiger partial charge in [0.1, 0.15) is 5.75 Å². The maximum atomic E-state index is 12.1. The van der Waals surface area contributed by atoms with Crippen LogP contribution in [0.4, 0.5) is 0 Å². The lowest BCUT2D eigenvalue weighted by Gasteiger charge is -2.32. The number of carbonyl (C=O) groups is 2. The summed E-state index contributed by atoms with van der Waals surface area (Å²) in [4.78, 5) is 26.3. The minimum Gasteiger partial charge on any atom is -0.497 e. The van der Waals surface area contributed by atoms with Crippen LogP contribution >= 0.6 is 0 Å². The molecule has 2 rings (SSSR count). The van der Waals surface area contributed by atoms with Crippen molar-refractivity contribution in [2.45, 2.75) is 12.8 Å². The van der Waals surface area contributed by atoms with Crippen molar-refractivity contribution in [1.29, 1.82) is 0 Å². The van der Waals surface area contributed by atoms with Crippen LogP contribution in [0.15, 0.2) is 24.3 Å². The number of rotatable bonds is 5. The van der Waals surface area contributed by atoms with E-state index in [1.165, 1.54) is 0 Å². The van der Waals surface area contributed by atoms with Crippen LogP contribution in [0, 0.1) is 0 Å². The molecule has 1 aromatic rings. The zero-order chi connectivity index (χ0) is 14.4. The van der Waals surface area contributed by atoms with Crippen LogP contribution in [0.2, 0.25) is 0 Å². The molecule has 1 aliphatic heterocycles. The molecule has 1 saturated heterocycles. The van der Waals surface area contributed by atoms with Crippen molar-refractivity contribution >= 4 is 12.3 Å². The van der Waals surface area contributed by atoms with E-state index in [0.29, 0.717) is 39.0 Å². The number of hydrogen-bond acceptors (Lipinski definition) is 3. The minimum absolute atomic E-state index is 0.151. The van der Waals surface area contributed by atoms with Crippen LogP contribution in [0.1, 0.15) is 12.0 Å². The SMILES string of the molecule is COc1cccc(CCC(=O)N2CCN(C=O)CC2)c1. The number of hydrogen-bond donors (Lipinski definition) is 0. The van der Waals surface area contributed by atoms with Gasteiger partial charge < -0.3 is 14.5 Å². The Balaban J connectivity index is 1.81. The lowest BCUT2D eigenvalue weighted by molar-refractivity contribution is -0.135. The second-order valence-electron chi connectivity index (χ2n) is 4.87. The zero-order valence-corrected chi connectivity index (χ0v) is 11.7. The van der Waals surface area contributed by atoms with E-state index in [4.69, 9.17) is 4.74 Å². The van der Waals surface area contributed by atoms with E-state index in [2.05, 4.69) is 0 Å². The lowest BCUT2D eigenvalue weighted by Crippen LogP contribution is -2.48. The topological polar surface area (TPSA) is 49.9 Å². The minimum atomic E-state index is 0.151. The van der Waals surface area contributed by atoms with Crippen molar-refractivity contribution in [3.05, 3.63) is 29.8 Å². The molecule has 0 aliphatic carbocycles. The fourth-order valence-corrected chi connectivity index (χ4v) is 2.31. The molecule has 0 unspecified atom stereocenters. The Bertz CT molecular complexity index is 468. The average molecular weight is 276 g/mol. The summed E-state index contributed by atoms with van der Waals surface area (Å²) in [6.45, 7) is 2.54. The first-order valence-corrected chi connectivity index (χ1v) is 6.83. The Kier molecular flexibility index (Phi) is 4.98. The van der Waals surface area contributed by atoms with Gasteiger partial charge in [0.2, 0.25) is 12.3 Å². The fraction of sp³-hybridized carbons (Fsp3) is 0.467. The molecule has 0 bridgehead atoms. The molecule has 1 aliphatic rings. The third-order valence-corrected chi connectivity index (χ3v) is 3.58. The number of carbonyl (C=O) groups excluding carboxylic acids is 2. The van der Waals surface area contributed by atoms with Crippen LogP contribution in [-0.4, -0.2) is 55.4 Å². The number of methoxy groups -OCH3 is 1. The molecule has 5 heteroatoms. The first-order valence-electron chi connectivity index (χ1n) is 6.83. The van der Waals surface area contributed by atoms with Gasteiger partial charge in [-0.15, -0.1) is 0 Å². The number of ether oxygens (including phenoxy) is 1. The monoisotopic (exact) mass is 276 g/mol. The van der Waals surface area contributed by atoms with Gasteiger partial charge in [0.05, 0.1) is 7.11 Å². The maximum absolute atomic E-state index is 12.1. The van der Waals surface area contributed by atoms with Gasteiger partial charge >= 0.3 is 0 Å². The van der Waals surface area contributed by atoms with E-state index >= 15 is 0 Å². The molecular formula is C15H20N2O3. The maximum Gasteiger partial charge on any atom is 0.223 e. The number of amides is 2. The van der Waals surface area contributed by atoms with E-state index < -0.39 is 0 Å². The first kappa shape index (κ1) is 14.4. The van der Waals surface area contributed by atoms with Crippen LogP contribution in [0.25, 0.3) is 0 Å². The van der Waals surface area contributed by atoms with Crippen LogP contribution in [-0.2, 0) is 16.0 Å². The molecule has 0 saturated carbocycles. The quantitative estimate of drug-likeness (QED) is 0.752. The van der Waals surface area contributed by atoms with Gasteiger partial charge in [-0.05, 0) is 24.1 Å². The van der Waals surface area contributed by atoms with Gasteiger partial charge in [-0.3, -0.25) is 9.59 Å². The number of piperazine rings is 1. The summed E-state index contributed by atoms with van der Waals surface area (Å²) in [6, 6.07) is 7.78. The average Bonchev–Trinajstić information content (AvgIpc) is 2.53. The van der Waals surface area contributed by atoms with E-state index in [-0.39, 0.29) is 5.91 Å². The highest BCUT2D eigenvalue weighted by atomic mass is 16.5. The Morgan fingerprint density at radius 1 is 1.30 bits per heavy atom. The van der Waals surface area contributed by atoms with Crippen LogP contribution < -0.4 is 4.74 Å².